The van der Waals surface area contributed by atoms with E-state index in [-0.39, 0.29) is 36.9 Å². The monoisotopic (exact) mass is 551 g/mol. The number of carbonyl (C=O) groups is 3. The standard InChI is InChI=1S/C27H30ClN7O4/c1-34-15-19-13-23(34)27(38)31-22(11-17-5-3-2-4-6-17)26(37)29-14-20-16-35(33-32-20)9-10-39-24-8-7-18(28)12-21(24)25(36)30-19/h2-8,12,16,19,22-23H,9-11,13-15H2,1H3,(H,29,37)(H,30,36)(H,31,38)/t19-,22+,23-/m0/s1. The Bertz CT molecular complexity index is 1350. The van der Waals surface area contributed by atoms with Gasteiger partial charge in [-0.05, 0) is 37.2 Å². The molecule has 1 saturated heterocycles. The highest BCUT2D eigenvalue weighted by molar-refractivity contribution is 6.31. The third-order valence-corrected chi connectivity index (χ3v) is 7.13. The van der Waals surface area contributed by atoms with Crippen molar-refractivity contribution in [1.29, 1.82) is 0 Å². The number of amides is 3. The third-order valence-electron chi connectivity index (χ3n) is 6.90. The predicted molar refractivity (Wildman–Crippen MR) is 143 cm³/mol. The molecule has 2 aliphatic rings. The zero-order chi connectivity index (χ0) is 27.4. The van der Waals surface area contributed by atoms with Gasteiger partial charge in [-0.2, -0.15) is 0 Å². The van der Waals surface area contributed by atoms with Crippen LogP contribution >= 0.6 is 11.6 Å². The van der Waals surface area contributed by atoms with Gasteiger partial charge in [0.05, 0.1) is 30.9 Å². The van der Waals surface area contributed by atoms with Crippen molar-refractivity contribution in [3.05, 3.63) is 76.6 Å². The summed E-state index contributed by atoms with van der Waals surface area (Å²) in [6.45, 7) is 1.25. The molecule has 3 atom stereocenters. The van der Waals surface area contributed by atoms with E-state index in [1.54, 1.807) is 29.1 Å². The maximum Gasteiger partial charge on any atom is 0.255 e. The van der Waals surface area contributed by atoms with Crippen LogP contribution in [0.15, 0.2) is 54.7 Å². The summed E-state index contributed by atoms with van der Waals surface area (Å²) >= 11 is 6.19. The van der Waals surface area contributed by atoms with E-state index in [1.807, 2.05) is 42.3 Å². The van der Waals surface area contributed by atoms with Crippen LogP contribution in [-0.2, 0) is 29.1 Å². The van der Waals surface area contributed by atoms with E-state index in [0.717, 1.165) is 5.56 Å². The topological polar surface area (TPSA) is 130 Å². The fourth-order valence-corrected chi connectivity index (χ4v) is 5.06. The van der Waals surface area contributed by atoms with Crippen LogP contribution in [-0.4, -0.2) is 75.9 Å². The Labute approximate surface area is 230 Å². The summed E-state index contributed by atoms with van der Waals surface area (Å²) in [4.78, 5) is 41.7. The Morgan fingerprint density at radius 3 is 2.72 bits per heavy atom. The largest absolute Gasteiger partial charge is 0.491 e. The highest BCUT2D eigenvalue weighted by Crippen LogP contribution is 2.24. The van der Waals surface area contributed by atoms with Crippen molar-refractivity contribution in [1.82, 2.24) is 35.8 Å². The van der Waals surface area contributed by atoms with Gasteiger partial charge in [-0.1, -0.05) is 47.1 Å². The van der Waals surface area contributed by atoms with Crippen molar-refractivity contribution in [2.24, 2.45) is 0 Å². The predicted octanol–water partition coefficient (Wildman–Crippen LogP) is 1.17. The lowest BCUT2D eigenvalue weighted by Gasteiger charge is -2.23. The molecular weight excluding hydrogens is 522 g/mol. The van der Waals surface area contributed by atoms with Gasteiger partial charge >= 0.3 is 0 Å². The SMILES string of the molecule is CN1C[C@@H]2C[C@H]1C(=O)N[C@H](Cc1ccccc1)C(=O)NCc1cn(nn1)CCOc1ccc(Cl)cc1C(=O)N2. The van der Waals surface area contributed by atoms with E-state index in [0.29, 0.717) is 48.0 Å². The summed E-state index contributed by atoms with van der Waals surface area (Å²) in [6, 6.07) is 12.8. The first-order chi connectivity index (χ1) is 18.9. The summed E-state index contributed by atoms with van der Waals surface area (Å²) in [5.74, 6) is -0.539. The zero-order valence-corrected chi connectivity index (χ0v) is 22.2. The zero-order valence-electron chi connectivity index (χ0n) is 21.5. The second-order valence-electron chi connectivity index (χ2n) is 9.79. The van der Waals surface area contributed by atoms with Crippen LogP contribution in [0.3, 0.4) is 0 Å². The first kappa shape index (κ1) is 26.6. The maximum absolute atomic E-state index is 13.4. The van der Waals surface area contributed by atoms with Gasteiger partial charge in [-0.25, -0.2) is 4.68 Å². The molecule has 12 heteroatoms. The molecular formula is C27H30ClN7O4. The van der Waals surface area contributed by atoms with Crippen LogP contribution in [0.5, 0.6) is 5.75 Å². The van der Waals surface area contributed by atoms with Crippen molar-refractivity contribution >= 4 is 29.3 Å². The molecule has 1 fully saturated rings. The minimum Gasteiger partial charge on any atom is -0.491 e. The van der Waals surface area contributed by atoms with E-state index in [1.165, 1.54) is 0 Å². The number of halogens is 1. The minimum absolute atomic E-state index is 0.159. The minimum atomic E-state index is -0.790. The second kappa shape index (κ2) is 11.8. The molecule has 2 aromatic carbocycles. The summed E-state index contributed by atoms with van der Waals surface area (Å²) in [7, 11) is 1.83. The lowest BCUT2D eigenvalue weighted by atomic mass is 10.0. The van der Waals surface area contributed by atoms with E-state index in [2.05, 4.69) is 26.3 Å². The first-order valence-electron chi connectivity index (χ1n) is 12.8. The van der Waals surface area contributed by atoms with E-state index < -0.39 is 12.1 Å². The van der Waals surface area contributed by atoms with Crippen LogP contribution in [0.1, 0.15) is 28.0 Å². The fraction of sp³-hybridized carbons (Fsp3) is 0.370. The lowest BCUT2D eigenvalue weighted by Crippen LogP contribution is -2.52. The van der Waals surface area contributed by atoms with E-state index in [9.17, 15) is 14.4 Å². The van der Waals surface area contributed by atoms with Crippen LogP contribution in [0.4, 0.5) is 0 Å². The van der Waals surface area contributed by atoms with Crippen molar-refractivity contribution in [3.8, 4) is 5.75 Å². The Balaban J connectivity index is 1.40. The molecule has 11 nitrogen and oxygen atoms in total. The Kier molecular flexibility index (Phi) is 8.08. The van der Waals surface area contributed by atoms with Gasteiger partial charge in [-0.3, -0.25) is 19.3 Å². The molecule has 3 aromatic rings. The van der Waals surface area contributed by atoms with Crippen LogP contribution in [0.2, 0.25) is 5.02 Å². The second-order valence-corrected chi connectivity index (χ2v) is 10.2. The molecule has 5 rings (SSSR count). The Hall–Kier alpha value is -3.96. The van der Waals surface area contributed by atoms with Gasteiger partial charge in [-0.15, -0.1) is 5.10 Å². The number of hydrogen-bond acceptors (Lipinski definition) is 7. The van der Waals surface area contributed by atoms with Crippen LogP contribution in [0, 0.1) is 0 Å². The number of carbonyl (C=O) groups excluding carboxylic acids is 3. The fourth-order valence-electron chi connectivity index (χ4n) is 4.89. The smallest absolute Gasteiger partial charge is 0.255 e. The van der Waals surface area contributed by atoms with Gasteiger partial charge in [0, 0.05) is 24.0 Å². The molecule has 2 aliphatic heterocycles. The lowest BCUT2D eigenvalue weighted by molar-refractivity contribution is -0.131. The number of benzene rings is 2. The number of ether oxygens (including phenoxy) is 1. The van der Waals surface area contributed by atoms with E-state index in [4.69, 9.17) is 16.3 Å². The molecule has 0 radical (unpaired) electrons. The molecule has 0 unspecified atom stereocenters. The average Bonchev–Trinajstić information content (AvgIpc) is 3.53. The molecule has 0 aliphatic carbocycles. The molecule has 0 saturated carbocycles. The van der Waals surface area contributed by atoms with Gasteiger partial charge in [0.15, 0.2) is 0 Å². The third kappa shape index (κ3) is 6.55. The molecule has 204 valence electrons. The van der Waals surface area contributed by atoms with Crippen LogP contribution in [0.25, 0.3) is 0 Å². The summed E-state index contributed by atoms with van der Waals surface area (Å²) < 4.78 is 7.50. The molecule has 3 heterocycles. The average molecular weight is 552 g/mol. The summed E-state index contributed by atoms with van der Waals surface area (Å²) in [5, 5.41) is 17.5. The van der Waals surface area contributed by atoms with Crippen molar-refractivity contribution < 1.29 is 19.1 Å². The van der Waals surface area contributed by atoms with Gasteiger partial charge in [0.2, 0.25) is 11.8 Å². The highest BCUT2D eigenvalue weighted by atomic mass is 35.5. The Morgan fingerprint density at radius 1 is 1.08 bits per heavy atom. The van der Waals surface area contributed by atoms with E-state index >= 15 is 0 Å². The summed E-state index contributed by atoms with van der Waals surface area (Å²) in [5.41, 5.74) is 1.80. The molecule has 1 aromatic heterocycles. The number of hydrogen-bond donors (Lipinski definition) is 3. The van der Waals surface area contributed by atoms with Crippen molar-refractivity contribution in [2.45, 2.75) is 44.1 Å². The maximum atomic E-state index is 13.4. The Morgan fingerprint density at radius 2 is 1.90 bits per heavy atom. The molecule has 3 amide bonds. The molecule has 4 bridgehead atoms. The van der Waals surface area contributed by atoms with Gasteiger partial charge < -0.3 is 20.7 Å². The number of aromatic nitrogens is 3. The van der Waals surface area contributed by atoms with Crippen molar-refractivity contribution in [3.63, 3.8) is 0 Å². The first-order valence-corrected chi connectivity index (χ1v) is 13.2. The quantitative estimate of drug-likeness (QED) is 0.436. The highest BCUT2D eigenvalue weighted by Gasteiger charge is 2.37. The number of likely N-dealkylation sites (tertiary alicyclic amines) is 1. The number of likely N-dealkylation sites (N-methyl/N-ethyl adjacent to an activating group) is 1. The number of nitrogens with one attached hydrogen (secondary N) is 3. The molecule has 0 spiro atoms. The summed E-state index contributed by atoms with van der Waals surface area (Å²) in [6.07, 6.45) is 2.44. The number of fused-ring (bicyclic) bond motifs is 5. The normalized spacial score (nSPS) is 22.8. The number of rotatable bonds is 2. The van der Waals surface area contributed by atoms with Gasteiger partial charge in [0.25, 0.3) is 5.91 Å². The van der Waals surface area contributed by atoms with Crippen molar-refractivity contribution in [2.75, 3.05) is 20.2 Å². The number of nitrogens with zero attached hydrogens (tertiary/aromatic N) is 4. The molecule has 39 heavy (non-hydrogen) atoms. The molecule has 3 N–H and O–H groups in total. The van der Waals surface area contributed by atoms with Crippen LogP contribution < -0.4 is 20.7 Å². The van der Waals surface area contributed by atoms with Gasteiger partial charge in [0.1, 0.15) is 24.1 Å².